The maximum absolute atomic E-state index is 12.8. The molecule has 28 heavy (non-hydrogen) atoms. The molecule has 3 rings (SSSR count). The number of piperidine rings is 1. The van der Waals surface area contributed by atoms with Gasteiger partial charge in [-0.15, -0.1) is 0 Å². The molecule has 0 unspecified atom stereocenters. The first kappa shape index (κ1) is 20.6. The van der Waals surface area contributed by atoms with E-state index in [1.165, 1.54) is 5.56 Å². The van der Waals surface area contributed by atoms with Crippen LogP contribution < -0.4 is 0 Å². The number of carbonyl (C=O) groups excluding carboxylic acids is 1. The smallest absolute Gasteiger partial charge is 0.342 e. The van der Waals surface area contributed by atoms with Crippen molar-refractivity contribution in [3.8, 4) is 0 Å². The summed E-state index contributed by atoms with van der Waals surface area (Å²) in [5, 5.41) is -0.566. The van der Waals surface area contributed by atoms with Crippen LogP contribution in [-0.4, -0.2) is 39.1 Å². The number of carbonyl (C=O) groups is 1. The fourth-order valence-corrected chi connectivity index (χ4v) is 4.16. The molecule has 1 aromatic heterocycles. The first-order valence-corrected chi connectivity index (χ1v) is 10.1. The van der Waals surface area contributed by atoms with Crippen LogP contribution in [0, 0.1) is 5.92 Å². The van der Waals surface area contributed by atoms with Crippen molar-refractivity contribution in [2.24, 2.45) is 5.92 Å². The number of benzene rings is 1. The van der Waals surface area contributed by atoms with Crippen molar-refractivity contribution in [2.45, 2.75) is 42.8 Å². The van der Waals surface area contributed by atoms with E-state index in [1.54, 1.807) is 11.8 Å². The normalized spacial score (nSPS) is 16.8. The average molecular weight is 409 g/mol. The minimum absolute atomic E-state index is 0.0327. The SMILES string of the molecule is C[C@@H](Sc1nccc(C(F)(F)F)n1)C(=O)N1CCC(Cc2ccccc2)CC1. The molecule has 0 saturated carbocycles. The molecule has 0 bridgehead atoms. The first-order valence-electron chi connectivity index (χ1n) is 9.22. The van der Waals surface area contributed by atoms with E-state index < -0.39 is 17.1 Å². The van der Waals surface area contributed by atoms with Gasteiger partial charge in [0.05, 0.1) is 5.25 Å². The van der Waals surface area contributed by atoms with Crippen molar-refractivity contribution < 1.29 is 18.0 Å². The second-order valence-electron chi connectivity index (χ2n) is 6.94. The molecule has 150 valence electrons. The van der Waals surface area contributed by atoms with Gasteiger partial charge in [0, 0.05) is 19.3 Å². The quantitative estimate of drug-likeness (QED) is 0.540. The number of likely N-dealkylation sites (tertiary alicyclic amines) is 1. The van der Waals surface area contributed by atoms with E-state index in [4.69, 9.17) is 0 Å². The molecule has 0 radical (unpaired) electrons. The lowest BCUT2D eigenvalue weighted by Gasteiger charge is -2.33. The minimum Gasteiger partial charge on any atom is -0.342 e. The Morgan fingerprint density at radius 2 is 1.89 bits per heavy atom. The molecule has 1 fully saturated rings. The molecule has 4 nitrogen and oxygen atoms in total. The van der Waals surface area contributed by atoms with Crippen molar-refractivity contribution in [3.63, 3.8) is 0 Å². The summed E-state index contributed by atoms with van der Waals surface area (Å²) in [6, 6.07) is 11.1. The standard InChI is InChI=1S/C20H22F3N3OS/c1-14(28-19-24-10-7-17(25-19)20(21,22)23)18(27)26-11-8-16(9-12-26)13-15-5-3-2-4-6-15/h2-7,10,14,16H,8-9,11-13H2,1H3/t14-/m1/s1. The fourth-order valence-electron chi connectivity index (χ4n) is 3.33. The summed E-state index contributed by atoms with van der Waals surface area (Å²) in [4.78, 5) is 21.9. The molecule has 0 N–H and O–H groups in total. The number of aromatic nitrogens is 2. The van der Waals surface area contributed by atoms with Crippen molar-refractivity contribution in [3.05, 3.63) is 53.9 Å². The van der Waals surface area contributed by atoms with Gasteiger partial charge in [0.15, 0.2) is 5.16 Å². The van der Waals surface area contributed by atoms with Gasteiger partial charge in [-0.1, -0.05) is 42.1 Å². The Labute approximate surface area is 166 Å². The number of amides is 1. The molecule has 0 spiro atoms. The van der Waals surface area contributed by atoms with Gasteiger partial charge >= 0.3 is 6.18 Å². The molecule has 0 aliphatic carbocycles. The zero-order valence-electron chi connectivity index (χ0n) is 15.5. The molecule has 1 aliphatic rings. The monoisotopic (exact) mass is 409 g/mol. The second-order valence-corrected chi connectivity index (χ2v) is 8.25. The largest absolute Gasteiger partial charge is 0.433 e. The van der Waals surface area contributed by atoms with Crippen LogP contribution in [0.2, 0.25) is 0 Å². The summed E-state index contributed by atoms with van der Waals surface area (Å²) in [5.41, 5.74) is 0.310. The number of rotatable bonds is 5. The molecule has 2 aromatic rings. The highest BCUT2D eigenvalue weighted by Gasteiger charge is 2.33. The van der Waals surface area contributed by atoms with Gasteiger partial charge < -0.3 is 4.90 Å². The second kappa shape index (κ2) is 8.94. The van der Waals surface area contributed by atoms with Gasteiger partial charge in [0.2, 0.25) is 5.91 Å². The van der Waals surface area contributed by atoms with Gasteiger partial charge in [0.1, 0.15) is 5.69 Å². The predicted molar refractivity (Wildman–Crippen MR) is 102 cm³/mol. The molecule has 1 amide bonds. The van der Waals surface area contributed by atoms with E-state index in [1.807, 2.05) is 18.2 Å². The molecular weight excluding hydrogens is 387 g/mol. The fraction of sp³-hybridized carbons (Fsp3) is 0.450. The number of hydrogen-bond acceptors (Lipinski definition) is 4. The number of hydrogen-bond donors (Lipinski definition) is 0. The van der Waals surface area contributed by atoms with Crippen molar-refractivity contribution >= 4 is 17.7 Å². The summed E-state index contributed by atoms with van der Waals surface area (Å²) in [6.07, 6.45) is -0.585. The van der Waals surface area contributed by atoms with Crippen molar-refractivity contribution in [2.75, 3.05) is 13.1 Å². The van der Waals surface area contributed by atoms with Crippen LogP contribution in [0.5, 0.6) is 0 Å². The Bertz CT molecular complexity index is 793. The van der Waals surface area contributed by atoms with Crippen LogP contribution in [0.15, 0.2) is 47.8 Å². The van der Waals surface area contributed by atoms with E-state index >= 15 is 0 Å². The van der Waals surface area contributed by atoms with Crippen molar-refractivity contribution in [1.29, 1.82) is 0 Å². The number of halogens is 3. The van der Waals surface area contributed by atoms with Gasteiger partial charge in [-0.25, -0.2) is 9.97 Å². The van der Waals surface area contributed by atoms with Crippen LogP contribution in [0.25, 0.3) is 0 Å². The summed E-state index contributed by atoms with van der Waals surface area (Å²) in [7, 11) is 0. The Balaban J connectivity index is 1.52. The van der Waals surface area contributed by atoms with E-state index in [2.05, 4.69) is 22.1 Å². The highest BCUT2D eigenvalue weighted by atomic mass is 32.2. The molecule has 1 atom stereocenters. The predicted octanol–water partition coefficient (Wildman–Crippen LogP) is 4.46. The Morgan fingerprint density at radius 3 is 2.54 bits per heavy atom. The third-order valence-electron chi connectivity index (χ3n) is 4.85. The first-order chi connectivity index (χ1) is 13.3. The Kier molecular flexibility index (Phi) is 6.59. The zero-order chi connectivity index (χ0) is 20.1. The highest BCUT2D eigenvalue weighted by Crippen LogP contribution is 2.30. The number of thioether (sulfide) groups is 1. The van der Waals surface area contributed by atoms with Gasteiger partial charge in [-0.2, -0.15) is 13.2 Å². The van der Waals surface area contributed by atoms with E-state index in [9.17, 15) is 18.0 Å². The maximum atomic E-state index is 12.8. The molecular formula is C20H22F3N3OS. The lowest BCUT2D eigenvalue weighted by molar-refractivity contribution is -0.141. The summed E-state index contributed by atoms with van der Waals surface area (Å²) in [6.45, 7) is 3.03. The summed E-state index contributed by atoms with van der Waals surface area (Å²) < 4.78 is 38.3. The van der Waals surface area contributed by atoms with Crippen molar-refractivity contribution in [1.82, 2.24) is 14.9 Å². The van der Waals surface area contributed by atoms with Gasteiger partial charge in [0.25, 0.3) is 0 Å². The van der Waals surface area contributed by atoms with E-state index in [0.29, 0.717) is 19.0 Å². The Hall–Kier alpha value is -2.09. The van der Waals surface area contributed by atoms with Gasteiger partial charge in [-0.05, 0) is 43.7 Å². The average Bonchev–Trinajstić information content (AvgIpc) is 2.68. The van der Waals surface area contributed by atoms with E-state index in [0.717, 1.165) is 43.3 Å². The molecule has 2 heterocycles. The van der Waals surface area contributed by atoms with Crippen LogP contribution >= 0.6 is 11.8 Å². The van der Waals surface area contributed by atoms with E-state index in [-0.39, 0.29) is 11.1 Å². The third-order valence-corrected chi connectivity index (χ3v) is 5.81. The summed E-state index contributed by atoms with van der Waals surface area (Å²) >= 11 is 0.966. The van der Waals surface area contributed by atoms with Gasteiger partial charge in [-0.3, -0.25) is 4.79 Å². The highest BCUT2D eigenvalue weighted by molar-refractivity contribution is 8.00. The molecule has 1 aliphatic heterocycles. The molecule has 1 saturated heterocycles. The molecule has 1 aromatic carbocycles. The number of nitrogens with zero attached hydrogens (tertiary/aromatic N) is 3. The molecule has 8 heteroatoms. The topological polar surface area (TPSA) is 46.1 Å². The van der Waals surface area contributed by atoms with Crippen LogP contribution in [0.1, 0.15) is 31.0 Å². The Morgan fingerprint density at radius 1 is 1.21 bits per heavy atom. The summed E-state index contributed by atoms with van der Waals surface area (Å²) in [5.74, 6) is 0.463. The maximum Gasteiger partial charge on any atom is 0.433 e. The van der Waals surface area contributed by atoms with Crippen LogP contribution in [0.3, 0.4) is 0 Å². The lowest BCUT2D eigenvalue weighted by atomic mass is 9.90. The zero-order valence-corrected chi connectivity index (χ0v) is 16.3. The third kappa shape index (κ3) is 5.47. The lowest BCUT2D eigenvalue weighted by Crippen LogP contribution is -2.42. The van der Waals surface area contributed by atoms with Crippen LogP contribution in [-0.2, 0) is 17.4 Å². The minimum atomic E-state index is -4.52. The number of alkyl halides is 3. The van der Waals surface area contributed by atoms with Crippen LogP contribution in [0.4, 0.5) is 13.2 Å².